The van der Waals surface area contributed by atoms with Crippen LogP contribution in [0.25, 0.3) is 0 Å². The quantitative estimate of drug-likeness (QED) is 0.733. The van der Waals surface area contributed by atoms with E-state index in [1.807, 2.05) is 26.4 Å². The first-order valence-corrected chi connectivity index (χ1v) is 5.94. The SMILES string of the molecule is Cc1nn(C)c(N2CCn3ccnc3C2)c1C=O. The fourth-order valence-electron chi connectivity index (χ4n) is 2.53. The molecule has 18 heavy (non-hydrogen) atoms. The number of aryl methyl sites for hydroxylation is 2. The van der Waals surface area contributed by atoms with Crippen LogP contribution in [0.4, 0.5) is 5.82 Å². The van der Waals surface area contributed by atoms with E-state index in [1.165, 1.54) is 0 Å². The van der Waals surface area contributed by atoms with Crippen molar-refractivity contribution in [2.45, 2.75) is 20.0 Å². The van der Waals surface area contributed by atoms with Crippen LogP contribution in [0.3, 0.4) is 0 Å². The Hall–Kier alpha value is -2.11. The average Bonchev–Trinajstić information content (AvgIpc) is 2.91. The Morgan fingerprint density at radius 1 is 1.39 bits per heavy atom. The van der Waals surface area contributed by atoms with Gasteiger partial charge < -0.3 is 9.47 Å². The van der Waals surface area contributed by atoms with Crippen molar-refractivity contribution >= 4 is 12.1 Å². The van der Waals surface area contributed by atoms with Gasteiger partial charge in [0.25, 0.3) is 0 Å². The van der Waals surface area contributed by atoms with Crippen LogP contribution in [0.2, 0.25) is 0 Å². The molecule has 0 saturated carbocycles. The summed E-state index contributed by atoms with van der Waals surface area (Å²) in [5.41, 5.74) is 1.45. The summed E-state index contributed by atoms with van der Waals surface area (Å²) < 4.78 is 3.91. The molecule has 94 valence electrons. The Bertz CT molecular complexity index is 598. The van der Waals surface area contributed by atoms with E-state index < -0.39 is 0 Å². The molecule has 0 atom stereocenters. The van der Waals surface area contributed by atoms with Crippen molar-refractivity contribution in [3.8, 4) is 0 Å². The lowest BCUT2D eigenvalue weighted by Crippen LogP contribution is -2.35. The number of hydrogen-bond donors (Lipinski definition) is 0. The fourth-order valence-corrected chi connectivity index (χ4v) is 2.53. The van der Waals surface area contributed by atoms with E-state index in [2.05, 4.69) is 19.5 Å². The second-order valence-electron chi connectivity index (χ2n) is 4.52. The molecule has 3 heterocycles. The number of hydrogen-bond acceptors (Lipinski definition) is 4. The number of nitrogens with zero attached hydrogens (tertiary/aromatic N) is 5. The maximum absolute atomic E-state index is 11.2. The van der Waals surface area contributed by atoms with Gasteiger partial charge in [0.15, 0.2) is 6.29 Å². The smallest absolute Gasteiger partial charge is 0.155 e. The van der Waals surface area contributed by atoms with E-state index in [4.69, 9.17) is 0 Å². The zero-order valence-electron chi connectivity index (χ0n) is 10.5. The third-order valence-corrected chi connectivity index (χ3v) is 3.40. The normalized spacial score (nSPS) is 14.7. The zero-order chi connectivity index (χ0) is 12.7. The predicted octanol–water partition coefficient (Wildman–Crippen LogP) is 0.758. The lowest BCUT2D eigenvalue weighted by Gasteiger charge is -2.29. The molecule has 0 fully saturated rings. The second-order valence-corrected chi connectivity index (χ2v) is 4.52. The summed E-state index contributed by atoms with van der Waals surface area (Å²) in [5, 5.41) is 4.32. The molecule has 2 aromatic rings. The number of carbonyl (C=O) groups is 1. The summed E-state index contributed by atoms with van der Waals surface area (Å²) in [6.07, 6.45) is 4.69. The summed E-state index contributed by atoms with van der Waals surface area (Å²) in [4.78, 5) is 17.7. The molecular weight excluding hydrogens is 230 g/mol. The van der Waals surface area contributed by atoms with Crippen LogP contribution < -0.4 is 4.90 Å². The fraction of sp³-hybridized carbons (Fsp3) is 0.417. The van der Waals surface area contributed by atoms with Gasteiger partial charge in [-0.2, -0.15) is 5.10 Å². The Labute approximate surface area is 105 Å². The van der Waals surface area contributed by atoms with Crippen LogP contribution in [-0.4, -0.2) is 32.2 Å². The third kappa shape index (κ3) is 1.53. The summed E-state index contributed by atoms with van der Waals surface area (Å²) in [6, 6.07) is 0. The van der Waals surface area contributed by atoms with Crippen LogP contribution in [0.5, 0.6) is 0 Å². The molecule has 3 rings (SSSR count). The molecule has 1 aliphatic rings. The van der Waals surface area contributed by atoms with E-state index in [9.17, 15) is 4.79 Å². The molecule has 6 heteroatoms. The highest BCUT2D eigenvalue weighted by molar-refractivity contribution is 5.84. The van der Waals surface area contributed by atoms with Gasteiger partial charge >= 0.3 is 0 Å². The number of rotatable bonds is 2. The molecule has 2 aromatic heterocycles. The zero-order valence-corrected chi connectivity index (χ0v) is 10.5. The number of carbonyl (C=O) groups excluding carboxylic acids is 1. The molecule has 0 spiro atoms. The van der Waals surface area contributed by atoms with Gasteiger partial charge in [-0.05, 0) is 6.92 Å². The van der Waals surface area contributed by atoms with Gasteiger partial charge in [-0.25, -0.2) is 4.98 Å². The molecular formula is C12H15N5O. The lowest BCUT2D eigenvalue weighted by atomic mass is 10.2. The van der Waals surface area contributed by atoms with Gasteiger partial charge in [-0.1, -0.05) is 0 Å². The first-order chi connectivity index (χ1) is 8.70. The number of imidazole rings is 1. The minimum atomic E-state index is 0.678. The highest BCUT2D eigenvalue weighted by Crippen LogP contribution is 2.24. The molecule has 0 aliphatic carbocycles. The van der Waals surface area contributed by atoms with Gasteiger partial charge in [0.1, 0.15) is 11.6 Å². The van der Waals surface area contributed by atoms with E-state index in [1.54, 1.807) is 4.68 Å². The van der Waals surface area contributed by atoms with Crippen molar-refractivity contribution in [2.75, 3.05) is 11.4 Å². The lowest BCUT2D eigenvalue weighted by molar-refractivity contribution is 0.112. The molecule has 0 N–H and O–H groups in total. The predicted molar refractivity (Wildman–Crippen MR) is 66.6 cm³/mol. The molecule has 0 bridgehead atoms. The molecule has 0 amide bonds. The van der Waals surface area contributed by atoms with Gasteiger partial charge in [-0.15, -0.1) is 0 Å². The number of aldehydes is 1. The molecule has 0 radical (unpaired) electrons. The molecule has 1 aliphatic heterocycles. The summed E-state index contributed by atoms with van der Waals surface area (Å²) >= 11 is 0. The van der Waals surface area contributed by atoms with E-state index in [-0.39, 0.29) is 0 Å². The number of anilines is 1. The van der Waals surface area contributed by atoms with Crippen molar-refractivity contribution in [3.05, 3.63) is 29.5 Å². The largest absolute Gasteiger partial charge is 0.347 e. The Kier molecular flexibility index (Phi) is 2.43. The van der Waals surface area contributed by atoms with Crippen molar-refractivity contribution in [3.63, 3.8) is 0 Å². The van der Waals surface area contributed by atoms with Crippen LogP contribution in [-0.2, 0) is 20.1 Å². The molecule has 6 nitrogen and oxygen atoms in total. The Morgan fingerprint density at radius 3 is 3.00 bits per heavy atom. The first-order valence-electron chi connectivity index (χ1n) is 5.94. The maximum atomic E-state index is 11.2. The van der Waals surface area contributed by atoms with Crippen molar-refractivity contribution in [2.24, 2.45) is 7.05 Å². The highest BCUT2D eigenvalue weighted by Gasteiger charge is 2.23. The number of aromatic nitrogens is 4. The Morgan fingerprint density at radius 2 is 2.22 bits per heavy atom. The minimum absolute atomic E-state index is 0.678. The van der Waals surface area contributed by atoms with Crippen molar-refractivity contribution in [1.82, 2.24) is 19.3 Å². The standard InChI is InChI=1S/C12H15N5O/c1-9-10(8-18)12(15(2)14-9)17-6-5-16-4-3-13-11(16)7-17/h3-4,8H,5-7H2,1-2H3. The average molecular weight is 245 g/mol. The van der Waals surface area contributed by atoms with Gasteiger partial charge in [0.05, 0.1) is 17.8 Å². The number of fused-ring (bicyclic) bond motifs is 1. The van der Waals surface area contributed by atoms with Gasteiger partial charge in [0.2, 0.25) is 0 Å². The van der Waals surface area contributed by atoms with Gasteiger partial charge in [0, 0.05) is 32.5 Å². The third-order valence-electron chi connectivity index (χ3n) is 3.40. The van der Waals surface area contributed by atoms with Gasteiger partial charge in [-0.3, -0.25) is 9.48 Å². The first kappa shape index (κ1) is 11.0. The van der Waals surface area contributed by atoms with E-state index >= 15 is 0 Å². The van der Waals surface area contributed by atoms with Crippen molar-refractivity contribution < 1.29 is 4.79 Å². The van der Waals surface area contributed by atoms with E-state index in [0.717, 1.165) is 36.7 Å². The molecule has 0 aromatic carbocycles. The minimum Gasteiger partial charge on any atom is -0.347 e. The van der Waals surface area contributed by atoms with Crippen molar-refractivity contribution in [1.29, 1.82) is 0 Å². The monoisotopic (exact) mass is 245 g/mol. The summed E-state index contributed by atoms with van der Waals surface area (Å²) in [5.74, 6) is 1.91. The van der Waals surface area contributed by atoms with E-state index in [0.29, 0.717) is 12.1 Å². The molecule has 0 unspecified atom stereocenters. The maximum Gasteiger partial charge on any atom is 0.155 e. The van der Waals surface area contributed by atoms with Crippen LogP contribution >= 0.6 is 0 Å². The summed E-state index contributed by atoms with van der Waals surface area (Å²) in [6.45, 7) is 4.33. The highest BCUT2D eigenvalue weighted by atomic mass is 16.1. The second kappa shape index (κ2) is 3.97. The topological polar surface area (TPSA) is 56.0 Å². The van der Waals surface area contributed by atoms with Crippen LogP contribution in [0.1, 0.15) is 21.9 Å². The molecule has 0 saturated heterocycles. The van der Waals surface area contributed by atoms with Crippen LogP contribution in [0, 0.1) is 6.92 Å². The summed E-state index contributed by atoms with van der Waals surface area (Å²) in [7, 11) is 1.87. The Balaban J connectivity index is 2.00. The van der Waals surface area contributed by atoms with Crippen LogP contribution in [0.15, 0.2) is 12.4 Å².